The molecule has 5 aromatic rings. The highest BCUT2D eigenvalue weighted by Crippen LogP contribution is 2.40. The lowest BCUT2D eigenvalue weighted by atomic mass is 9.78. The zero-order chi connectivity index (χ0) is 28.6. The van der Waals surface area contributed by atoms with Gasteiger partial charge in [0.15, 0.2) is 0 Å². The minimum Gasteiger partial charge on any atom is -0.487 e. The number of halogens is 3. The van der Waals surface area contributed by atoms with E-state index in [9.17, 15) is 23.1 Å². The van der Waals surface area contributed by atoms with Crippen LogP contribution >= 0.6 is 0 Å². The molecule has 1 aliphatic carbocycles. The number of para-hydroxylation sites is 1. The molecule has 0 amide bonds. The Labute approximate surface area is 234 Å². The molecule has 1 N–H and O–H groups in total. The first-order valence-electron chi connectivity index (χ1n) is 13.6. The van der Waals surface area contributed by atoms with Crippen molar-refractivity contribution in [2.45, 2.75) is 50.9 Å². The van der Waals surface area contributed by atoms with Crippen molar-refractivity contribution in [2.24, 2.45) is 5.92 Å². The number of ether oxygens (including phenoxy) is 1. The van der Waals surface area contributed by atoms with Crippen LogP contribution in [0.3, 0.4) is 0 Å². The Morgan fingerprint density at radius 2 is 1.76 bits per heavy atom. The number of benzene rings is 3. The summed E-state index contributed by atoms with van der Waals surface area (Å²) in [6.45, 7) is 0.387. The minimum atomic E-state index is -4.46. The van der Waals surface area contributed by atoms with Gasteiger partial charge in [-0.1, -0.05) is 49.2 Å². The maximum absolute atomic E-state index is 13.4. The van der Waals surface area contributed by atoms with Gasteiger partial charge in [-0.25, -0.2) is 9.97 Å². The monoisotopic (exact) mass is 559 g/mol. The van der Waals surface area contributed by atoms with E-state index < -0.39 is 23.6 Å². The summed E-state index contributed by atoms with van der Waals surface area (Å²) in [6, 6.07) is 22.4. The number of aliphatic carboxylic acids is 1. The van der Waals surface area contributed by atoms with E-state index in [1.807, 2.05) is 47.0 Å². The molecule has 0 spiro atoms. The highest BCUT2D eigenvalue weighted by atomic mass is 19.4. The summed E-state index contributed by atoms with van der Waals surface area (Å²) in [5.41, 5.74) is 2.70. The van der Waals surface area contributed by atoms with Crippen LogP contribution in [-0.2, 0) is 24.1 Å². The molecule has 2 heterocycles. The fourth-order valence-corrected chi connectivity index (χ4v) is 5.78. The molecule has 6 rings (SSSR count). The van der Waals surface area contributed by atoms with Crippen molar-refractivity contribution >= 4 is 27.9 Å². The third-order valence-corrected chi connectivity index (χ3v) is 7.80. The van der Waals surface area contributed by atoms with Crippen molar-refractivity contribution < 1.29 is 27.8 Å². The van der Waals surface area contributed by atoms with Gasteiger partial charge in [0.25, 0.3) is 0 Å². The van der Waals surface area contributed by atoms with Crippen molar-refractivity contribution in [3.8, 4) is 5.75 Å². The first kappa shape index (κ1) is 26.8. The van der Waals surface area contributed by atoms with Crippen LogP contribution in [0.1, 0.15) is 54.2 Å². The van der Waals surface area contributed by atoms with E-state index in [4.69, 9.17) is 9.72 Å². The number of aromatic nitrogens is 3. The van der Waals surface area contributed by atoms with Crippen LogP contribution in [0.25, 0.3) is 21.9 Å². The number of pyridine rings is 1. The molecule has 3 aromatic carbocycles. The summed E-state index contributed by atoms with van der Waals surface area (Å²) in [6.07, 6.45) is -1.57. The Bertz CT molecular complexity index is 1730. The number of rotatable bonds is 7. The molecule has 1 unspecified atom stereocenters. The molecule has 210 valence electrons. The zero-order valence-electron chi connectivity index (χ0n) is 22.1. The fourth-order valence-electron chi connectivity index (χ4n) is 5.78. The summed E-state index contributed by atoms with van der Waals surface area (Å²) >= 11 is 0. The summed E-state index contributed by atoms with van der Waals surface area (Å²) in [4.78, 5) is 21.7. The summed E-state index contributed by atoms with van der Waals surface area (Å²) in [5, 5.41) is 11.0. The molecule has 2 aromatic heterocycles. The molecule has 0 radical (unpaired) electrons. The van der Waals surface area contributed by atoms with Crippen LogP contribution in [0.5, 0.6) is 5.75 Å². The molecule has 0 bridgehead atoms. The normalized spacial score (nSPS) is 17.6. The van der Waals surface area contributed by atoms with Gasteiger partial charge in [-0.2, -0.15) is 13.2 Å². The lowest BCUT2D eigenvalue weighted by molar-refractivity contribution is -0.143. The van der Waals surface area contributed by atoms with Crippen molar-refractivity contribution in [2.75, 3.05) is 0 Å². The first-order valence-corrected chi connectivity index (χ1v) is 13.6. The molecule has 9 heteroatoms. The highest BCUT2D eigenvalue weighted by Gasteiger charge is 2.36. The Hall–Kier alpha value is -4.40. The maximum Gasteiger partial charge on any atom is 0.416 e. The Morgan fingerprint density at radius 1 is 0.927 bits per heavy atom. The lowest BCUT2D eigenvalue weighted by Crippen LogP contribution is -2.27. The van der Waals surface area contributed by atoms with E-state index >= 15 is 0 Å². The van der Waals surface area contributed by atoms with Crippen LogP contribution in [0.15, 0.2) is 78.9 Å². The topological polar surface area (TPSA) is 77.2 Å². The van der Waals surface area contributed by atoms with Crippen LogP contribution in [0, 0.1) is 5.92 Å². The van der Waals surface area contributed by atoms with Gasteiger partial charge in [0.1, 0.15) is 18.2 Å². The average molecular weight is 560 g/mol. The summed E-state index contributed by atoms with van der Waals surface area (Å²) in [7, 11) is 0. The Balaban J connectivity index is 1.35. The largest absolute Gasteiger partial charge is 0.487 e. The third kappa shape index (κ3) is 5.62. The summed E-state index contributed by atoms with van der Waals surface area (Å²) in [5.74, 6) is -0.667. The number of carboxylic acids is 1. The number of imidazole rings is 1. The zero-order valence-corrected chi connectivity index (χ0v) is 22.1. The van der Waals surface area contributed by atoms with E-state index in [-0.39, 0.29) is 19.1 Å². The number of carbonyl (C=O) groups is 1. The van der Waals surface area contributed by atoms with E-state index in [0.29, 0.717) is 41.0 Å². The number of alkyl halides is 3. The van der Waals surface area contributed by atoms with Crippen LogP contribution in [-0.4, -0.2) is 25.6 Å². The standard InChI is InChI=1S/C32H28F3N3O3/c33-32(34,35)22-8-5-6-20(16-22)18-38-29-15-14-24(41-19-23-13-12-21-7-1-4-11-27(21)36-23)17-28(29)37-30(38)25-9-2-3-10-26(25)31(39)40/h1,4-8,11-17,25-26H,2-3,9-10,18-19H2,(H,39,40)/t25?,26-/m0/s1. The van der Waals surface area contributed by atoms with E-state index in [1.54, 1.807) is 18.2 Å². The Morgan fingerprint density at radius 3 is 2.59 bits per heavy atom. The molecule has 6 nitrogen and oxygen atoms in total. The van der Waals surface area contributed by atoms with Crippen molar-refractivity contribution in [1.82, 2.24) is 14.5 Å². The van der Waals surface area contributed by atoms with Gasteiger partial charge in [0.05, 0.1) is 33.7 Å². The third-order valence-electron chi connectivity index (χ3n) is 7.80. The molecule has 0 aliphatic heterocycles. The number of fused-ring (bicyclic) bond motifs is 2. The van der Waals surface area contributed by atoms with E-state index in [0.717, 1.165) is 41.6 Å². The van der Waals surface area contributed by atoms with Crippen molar-refractivity contribution in [1.29, 1.82) is 0 Å². The minimum absolute atomic E-state index is 0.139. The van der Waals surface area contributed by atoms with Gasteiger partial charge in [0, 0.05) is 23.9 Å². The maximum atomic E-state index is 13.4. The fraction of sp³-hybridized carbons (Fsp3) is 0.281. The van der Waals surface area contributed by atoms with Gasteiger partial charge >= 0.3 is 12.1 Å². The van der Waals surface area contributed by atoms with Crippen LogP contribution in [0.4, 0.5) is 13.2 Å². The quantitative estimate of drug-likeness (QED) is 0.222. The molecule has 2 atom stereocenters. The van der Waals surface area contributed by atoms with Gasteiger partial charge in [-0.3, -0.25) is 4.79 Å². The van der Waals surface area contributed by atoms with Gasteiger partial charge in [-0.05, 0) is 54.8 Å². The predicted octanol–water partition coefficient (Wildman–Crippen LogP) is 7.59. The van der Waals surface area contributed by atoms with E-state index in [2.05, 4.69) is 4.98 Å². The summed E-state index contributed by atoms with van der Waals surface area (Å²) < 4.78 is 48.2. The predicted molar refractivity (Wildman–Crippen MR) is 149 cm³/mol. The van der Waals surface area contributed by atoms with Crippen molar-refractivity contribution in [3.63, 3.8) is 0 Å². The molecule has 1 saturated carbocycles. The number of hydrogen-bond donors (Lipinski definition) is 1. The molecule has 41 heavy (non-hydrogen) atoms. The molecule has 0 saturated heterocycles. The van der Waals surface area contributed by atoms with E-state index in [1.165, 1.54) is 6.07 Å². The van der Waals surface area contributed by atoms with Gasteiger partial charge < -0.3 is 14.4 Å². The second-order valence-electron chi connectivity index (χ2n) is 10.5. The first-order chi connectivity index (χ1) is 19.8. The van der Waals surface area contributed by atoms with Gasteiger partial charge in [-0.15, -0.1) is 0 Å². The highest BCUT2D eigenvalue weighted by molar-refractivity contribution is 5.79. The number of hydrogen-bond acceptors (Lipinski definition) is 4. The second kappa shape index (κ2) is 10.9. The second-order valence-corrected chi connectivity index (χ2v) is 10.5. The van der Waals surface area contributed by atoms with Gasteiger partial charge in [0.2, 0.25) is 0 Å². The molecular weight excluding hydrogens is 531 g/mol. The smallest absolute Gasteiger partial charge is 0.416 e. The number of nitrogens with zero attached hydrogens (tertiary/aromatic N) is 3. The number of carboxylic acid groups (broad SMARTS) is 1. The Kier molecular flexibility index (Phi) is 7.11. The molecule has 1 aliphatic rings. The van der Waals surface area contributed by atoms with Crippen molar-refractivity contribution in [3.05, 3.63) is 102 Å². The van der Waals surface area contributed by atoms with Crippen LogP contribution < -0.4 is 4.74 Å². The molecular formula is C32H28F3N3O3. The lowest BCUT2D eigenvalue weighted by Gasteiger charge is -2.28. The van der Waals surface area contributed by atoms with Crippen LogP contribution in [0.2, 0.25) is 0 Å². The molecule has 1 fully saturated rings. The average Bonchev–Trinajstić information content (AvgIpc) is 3.32. The SMILES string of the molecule is O=C(O)[C@H]1CCCCC1c1nc2cc(OCc3ccc4ccccc4n3)ccc2n1Cc1cccc(C(F)(F)F)c1.